The maximum atomic E-state index is 11.8. The van der Waals surface area contributed by atoms with Crippen LogP contribution in [0.2, 0.25) is 0 Å². The summed E-state index contributed by atoms with van der Waals surface area (Å²) in [4.78, 5) is 14.3. The Bertz CT molecular complexity index is 219. The Balaban J connectivity index is 2.65. The normalized spacial score (nSPS) is 19.6. The lowest BCUT2D eigenvalue weighted by molar-refractivity contribution is -0.124. The second-order valence-corrected chi connectivity index (χ2v) is 5.52. The monoisotopic (exact) mass is 225 g/mol. The second kappa shape index (κ2) is 6.39. The number of hydrogen-bond donors (Lipinski definition) is 0. The van der Waals surface area contributed by atoms with Crippen LogP contribution in [0.1, 0.15) is 59.8 Å². The first kappa shape index (κ1) is 13.7. The summed E-state index contributed by atoms with van der Waals surface area (Å²) in [7, 11) is 0. The summed E-state index contributed by atoms with van der Waals surface area (Å²) in [6.07, 6.45) is 5.92. The third-order valence-corrected chi connectivity index (χ3v) is 3.68. The summed E-state index contributed by atoms with van der Waals surface area (Å²) in [5.41, 5.74) is 0. The highest BCUT2D eigenvalue weighted by atomic mass is 16.1. The van der Waals surface area contributed by atoms with Gasteiger partial charge in [0.05, 0.1) is 6.04 Å². The van der Waals surface area contributed by atoms with Crippen molar-refractivity contribution < 1.29 is 4.79 Å². The average molecular weight is 225 g/mol. The van der Waals surface area contributed by atoms with E-state index in [2.05, 4.69) is 25.7 Å². The molecule has 1 atom stereocenters. The van der Waals surface area contributed by atoms with E-state index in [1.807, 2.05) is 6.92 Å². The standard InChI is InChI=1S/C14H27NO/c1-5-14(16)12(4)15(10-11(2)3)13-8-6-7-9-13/h11-13H,5-10H2,1-4H3. The van der Waals surface area contributed by atoms with Gasteiger partial charge in [0.25, 0.3) is 0 Å². The molecule has 1 saturated carbocycles. The Morgan fingerprint density at radius 1 is 1.25 bits per heavy atom. The summed E-state index contributed by atoms with van der Waals surface area (Å²) >= 11 is 0. The summed E-state index contributed by atoms with van der Waals surface area (Å²) < 4.78 is 0. The van der Waals surface area contributed by atoms with Crippen molar-refractivity contribution in [1.82, 2.24) is 4.90 Å². The molecule has 1 rings (SSSR count). The number of Topliss-reactive ketones (excluding diaryl/α,β-unsaturated/α-hetero) is 1. The van der Waals surface area contributed by atoms with E-state index in [1.54, 1.807) is 0 Å². The molecule has 2 heteroatoms. The highest BCUT2D eigenvalue weighted by molar-refractivity contribution is 5.83. The van der Waals surface area contributed by atoms with Crippen LogP contribution in [0.15, 0.2) is 0 Å². The van der Waals surface area contributed by atoms with Crippen LogP contribution in [0.25, 0.3) is 0 Å². The van der Waals surface area contributed by atoms with Crippen LogP contribution in [0.5, 0.6) is 0 Å². The Morgan fingerprint density at radius 3 is 2.25 bits per heavy atom. The van der Waals surface area contributed by atoms with E-state index in [0.717, 1.165) is 6.54 Å². The number of ketones is 1. The summed E-state index contributed by atoms with van der Waals surface area (Å²) in [6, 6.07) is 0.781. The minimum atomic E-state index is 0.121. The van der Waals surface area contributed by atoms with Gasteiger partial charge in [0.2, 0.25) is 0 Å². The molecular weight excluding hydrogens is 198 g/mol. The SMILES string of the molecule is CCC(=O)C(C)N(CC(C)C)C1CCCC1. The van der Waals surface area contributed by atoms with Gasteiger partial charge < -0.3 is 0 Å². The fourth-order valence-electron chi connectivity index (χ4n) is 2.76. The number of carbonyl (C=O) groups is 1. The number of nitrogens with zero attached hydrogens (tertiary/aromatic N) is 1. The molecule has 1 unspecified atom stereocenters. The van der Waals surface area contributed by atoms with Crippen LogP contribution in [-0.4, -0.2) is 29.3 Å². The molecule has 94 valence electrons. The van der Waals surface area contributed by atoms with Gasteiger partial charge in [-0.05, 0) is 25.7 Å². The molecular formula is C14H27NO. The zero-order valence-electron chi connectivity index (χ0n) is 11.3. The minimum absolute atomic E-state index is 0.121. The largest absolute Gasteiger partial charge is 0.298 e. The molecule has 0 aromatic heterocycles. The Labute approximate surface area is 100 Å². The molecule has 0 heterocycles. The van der Waals surface area contributed by atoms with Gasteiger partial charge >= 0.3 is 0 Å². The van der Waals surface area contributed by atoms with E-state index in [4.69, 9.17) is 0 Å². The maximum Gasteiger partial charge on any atom is 0.149 e. The van der Waals surface area contributed by atoms with Crippen molar-refractivity contribution >= 4 is 5.78 Å². The van der Waals surface area contributed by atoms with Gasteiger partial charge in [0.1, 0.15) is 5.78 Å². The third kappa shape index (κ3) is 3.58. The van der Waals surface area contributed by atoms with Crippen molar-refractivity contribution in [2.24, 2.45) is 5.92 Å². The molecule has 0 N–H and O–H groups in total. The van der Waals surface area contributed by atoms with E-state index in [1.165, 1.54) is 25.7 Å². The van der Waals surface area contributed by atoms with Crippen molar-refractivity contribution in [3.63, 3.8) is 0 Å². The fourth-order valence-corrected chi connectivity index (χ4v) is 2.76. The molecule has 0 aromatic rings. The van der Waals surface area contributed by atoms with E-state index in [9.17, 15) is 4.79 Å². The van der Waals surface area contributed by atoms with Gasteiger partial charge in [0, 0.05) is 19.0 Å². The van der Waals surface area contributed by atoms with Crippen molar-refractivity contribution in [2.45, 2.75) is 71.9 Å². The predicted molar refractivity (Wildman–Crippen MR) is 68.6 cm³/mol. The molecule has 1 fully saturated rings. The van der Waals surface area contributed by atoms with E-state index in [0.29, 0.717) is 24.2 Å². The first-order valence-electron chi connectivity index (χ1n) is 6.84. The first-order valence-corrected chi connectivity index (χ1v) is 6.84. The number of rotatable bonds is 6. The van der Waals surface area contributed by atoms with Crippen LogP contribution in [0, 0.1) is 5.92 Å². The Kier molecular flexibility index (Phi) is 5.47. The molecule has 0 saturated heterocycles. The summed E-state index contributed by atoms with van der Waals surface area (Å²) in [6.45, 7) is 9.61. The lowest BCUT2D eigenvalue weighted by atomic mass is 10.0. The van der Waals surface area contributed by atoms with Crippen LogP contribution in [0.3, 0.4) is 0 Å². The molecule has 2 nitrogen and oxygen atoms in total. The quantitative estimate of drug-likeness (QED) is 0.691. The van der Waals surface area contributed by atoms with Gasteiger partial charge in [-0.2, -0.15) is 0 Å². The average Bonchev–Trinajstić information content (AvgIpc) is 2.76. The van der Waals surface area contributed by atoms with Crippen LogP contribution < -0.4 is 0 Å². The van der Waals surface area contributed by atoms with E-state index in [-0.39, 0.29) is 6.04 Å². The minimum Gasteiger partial charge on any atom is -0.298 e. The third-order valence-electron chi connectivity index (χ3n) is 3.68. The summed E-state index contributed by atoms with van der Waals surface area (Å²) in [5, 5.41) is 0. The van der Waals surface area contributed by atoms with Crippen molar-refractivity contribution in [3.05, 3.63) is 0 Å². The van der Waals surface area contributed by atoms with Crippen LogP contribution in [0.4, 0.5) is 0 Å². The molecule has 1 aliphatic rings. The molecule has 0 radical (unpaired) electrons. The van der Waals surface area contributed by atoms with Gasteiger partial charge in [-0.15, -0.1) is 0 Å². The van der Waals surface area contributed by atoms with Crippen molar-refractivity contribution in [1.29, 1.82) is 0 Å². The zero-order chi connectivity index (χ0) is 12.1. The van der Waals surface area contributed by atoms with Crippen molar-refractivity contribution in [2.75, 3.05) is 6.54 Å². The fraction of sp³-hybridized carbons (Fsp3) is 0.929. The first-order chi connectivity index (χ1) is 7.56. The predicted octanol–water partition coefficient (Wildman–Crippen LogP) is 3.25. The molecule has 0 aliphatic heterocycles. The van der Waals surface area contributed by atoms with Crippen LogP contribution in [-0.2, 0) is 4.79 Å². The van der Waals surface area contributed by atoms with E-state index < -0.39 is 0 Å². The van der Waals surface area contributed by atoms with E-state index >= 15 is 0 Å². The van der Waals surface area contributed by atoms with Gasteiger partial charge in [0.15, 0.2) is 0 Å². The van der Waals surface area contributed by atoms with Gasteiger partial charge in [-0.3, -0.25) is 9.69 Å². The zero-order valence-corrected chi connectivity index (χ0v) is 11.3. The van der Waals surface area contributed by atoms with Crippen LogP contribution >= 0.6 is 0 Å². The second-order valence-electron chi connectivity index (χ2n) is 5.52. The topological polar surface area (TPSA) is 20.3 Å². The molecule has 1 aliphatic carbocycles. The lowest BCUT2D eigenvalue weighted by Gasteiger charge is -2.34. The Hall–Kier alpha value is -0.370. The highest BCUT2D eigenvalue weighted by Crippen LogP contribution is 2.26. The van der Waals surface area contributed by atoms with Crippen molar-refractivity contribution in [3.8, 4) is 0 Å². The lowest BCUT2D eigenvalue weighted by Crippen LogP contribution is -2.46. The molecule has 0 bridgehead atoms. The molecule has 0 aromatic carbocycles. The van der Waals surface area contributed by atoms with Gasteiger partial charge in [-0.1, -0.05) is 33.6 Å². The number of carbonyl (C=O) groups excluding carboxylic acids is 1. The highest BCUT2D eigenvalue weighted by Gasteiger charge is 2.29. The molecule has 16 heavy (non-hydrogen) atoms. The molecule has 0 spiro atoms. The van der Waals surface area contributed by atoms with Gasteiger partial charge in [-0.25, -0.2) is 0 Å². The number of hydrogen-bond acceptors (Lipinski definition) is 2. The smallest absolute Gasteiger partial charge is 0.149 e. The molecule has 0 amide bonds. The maximum absolute atomic E-state index is 11.8. The Morgan fingerprint density at radius 2 is 1.81 bits per heavy atom. The summed E-state index contributed by atoms with van der Waals surface area (Å²) in [5.74, 6) is 1.04.